The van der Waals surface area contributed by atoms with Crippen molar-refractivity contribution in [3.05, 3.63) is 23.7 Å². The summed E-state index contributed by atoms with van der Waals surface area (Å²) in [5, 5.41) is 3.44. The number of nitrogens with zero attached hydrogens (tertiary/aromatic N) is 1. The molecule has 0 aliphatic carbocycles. The molecule has 1 aliphatic heterocycles. The highest BCUT2D eigenvalue weighted by Crippen LogP contribution is 2.17. The summed E-state index contributed by atoms with van der Waals surface area (Å²) in [5.74, 6) is 2.06. The predicted octanol–water partition coefficient (Wildman–Crippen LogP) is 2.78. The monoisotopic (exact) mass is 280 g/mol. The van der Waals surface area contributed by atoms with E-state index in [4.69, 9.17) is 9.15 Å². The van der Waals surface area contributed by atoms with E-state index in [9.17, 15) is 0 Å². The molecule has 0 saturated carbocycles. The van der Waals surface area contributed by atoms with Crippen molar-refractivity contribution >= 4 is 0 Å². The Hall–Kier alpha value is -0.840. The number of hydrogen-bond acceptors (Lipinski definition) is 4. The first-order valence-corrected chi connectivity index (χ1v) is 7.54. The summed E-state index contributed by atoms with van der Waals surface area (Å²) in [6, 6.07) is 4.17. The lowest BCUT2D eigenvalue weighted by molar-refractivity contribution is 0.0262. The lowest BCUT2D eigenvalue weighted by Crippen LogP contribution is -2.38. The van der Waals surface area contributed by atoms with Crippen molar-refractivity contribution in [2.75, 3.05) is 20.2 Å². The third-order valence-electron chi connectivity index (χ3n) is 3.69. The molecule has 0 radical (unpaired) electrons. The standard InChI is InChI=1S/C16H28N2O2/c1-16(2,3)17-10-13-7-8-15(20-13)12-18-9-5-6-14(11-18)19-4/h7-8,14,17H,5-6,9-12H2,1-4H3. The van der Waals surface area contributed by atoms with E-state index in [1.54, 1.807) is 7.11 Å². The van der Waals surface area contributed by atoms with Crippen LogP contribution in [-0.4, -0.2) is 36.7 Å². The van der Waals surface area contributed by atoms with Crippen LogP contribution in [0.3, 0.4) is 0 Å². The molecule has 2 heterocycles. The van der Waals surface area contributed by atoms with E-state index in [-0.39, 0.29) is 5.54 Å². The molecule has 1 N–H and O–H groups in total. The number of methoxy groups -OCH3 is 1. The summed E-state index contributed by atoms with van der Waals surface area (Å²) in [7, 11) is 1.80. The minimum atomic E-state index is 0.117. The Kier molecular flexibility index (Phi) is 5.24. The van der Waals surface area contributed by atoms with Gasteiger partial charge >= 0.3 is 0 Å². The molecular weight excluding hydrogens is 252 g/mol. The van der Waals surface area contributed by atoms with E-state index in [2.05, 4.69) is 43.1 Å². The molecule has 1 aromatic heterocycles. The first-order chi connectivity index (χ1) is 9.46. The van der Waals surface area contributed by atoms with Crippen LogP contribution in [0.25, 0.3) is 0 Å². The summed E-state index contributed by atoms with van der Waals surface area (Å²) in [6.07, 6.45) is 2.75. The van der Waals surface area contributed by atoms with Gasteiger partial charge in [-0.2, -0.15) is 0 Å². The largest absolute Gasteiger partial charge is 0.463 e. The molecule has 0 bridgehead atoms. The van der Waals surface area contributed by atoms with Crippen LogP contribution in [0.4, 0.5) is 0 Å². The van der Waals surface area contributed by atoms with Gasteiger partial charge in [-0.05, 0) is 52.3 Å². The fourth-order valence-corrected chi connectivity index (χ4v) is 2.52. The minimum absolute atomic E-state index is 0.117. The second-order valence-electron chi connectivity index (χ2n) is 6.71. The van der Waals surface area contributed by atoms with Crippen LogP contribution in [0.15, 0.2) is 16.5 Å². The van der Waals surface area contributed by atoms with Gasteiger partial charge in [-0.1, -0.05) is 0 Å². The molecule has 1 saturated heterocycles. The van der Waals surface area contributed by atoms with Gasteiger partial charge in [-0.3, -0.25) is 4.90 Å². The van der Waals surface area contributed by atoms with Crippen LogP contribution in [0.5, 0.6) is 0 Å². The maximum absolute atomic E-state index is 5.91. The van der Waals surface area contributed by atoms with Crippen LogP contribution in [0, 0.1) is 0 Å². The molecule has 20 heavy (non-hydrogen) atoms. The zero-order valence-electron chi connectivity index (χ0n) is 13.2. The number of piperidine rings is 1. The highest BCUT2D eigenvalue weighted by atomic mass is 16.5. The molecular formula is C16H28N2O2. The molecule has 1 unspecified atom stereocenters. The summed E-state index contributed by atoms with van der Waals surface area (Å²) in [4.78, 5) is 2.41. The van der Waals surface area contributed by atoms with Gasteiger partial charge in [-0.25, -0.2) is 0 Å². The van der Waals surface area contributed by atoms with Gasteiger partial charge in [0.05, 0.1) is 19.2 Å². The van der Waals surface area contributed by atoms with E-state index in [1.165, 1.54) is 12.8 Å². The Morgan fingerprint density at radius 2 is 2.10 bits per heavy atom. The third kappa shape index (κ3) is 4.93. The first-order valence-electron chi connectivity index (χ1n) is 7.54. The van der Waals surface area contributed by atoms with Crippen molar-refractivity contribution in [3.63, 3.8) is 0 Å². The van der Waals surface area contributed by atoms with Gasteiger partial charge in [-0.15, -0.1) is 0 Å². The minimum Gasteiger partial charge on any atom is -0.463 e. The topological polar surface area (TPSA) is 37.6 Å². The van der Waals surface area contributed by atoms with Crippen molar-refractivity contribution in [2.45, 2.75) is 58.3 Å². The average molecular weight is 280 g/mol. The quantitative estimate of drug-likeness (QED) is 0.900. The Labute approximate surface area is 122 Å². The van der Waals surface area contributed by atoms with Crippen molar-refractivity contribution in [2.24, 2.45) is 0 Å². The summed E-state index contributed by atoms with van der Waals surface area (Å²) >= 11 is 0. The fraction of sp³-hybridized carbons (Fsp3) is 0.750. The number of furan rings is 1. The molecule has 0 spiro atoms. The Balaban J connectivity index is 1.83. The average Bonchev–Trinajstić information content (AvgIpc) is 2.83. The lowest BCUT2D eigenvalue weighted by atomic mass is 10.1. The van der Waals surface area contributed by atoms with Crippen LogP contribution < -0.4 is 5.32 Å². The fourth-order valence-electron chi connectivity index (χ4n) is 2.52. The van der Waals surface area contributed by atoms with E-state index in [0.29, 0.717) is 6.10 Å². The maximum atomic E-state index is 5.91. The normalized spacial score (nSPS) is 21.3. The van der Waals surface area contributed by atoms with Crippen molar-refractivity contribution in [1.29, 1.82) is 0 Å². The van der Waals surface area contributed by atoms with Gasteiger partial charge in [0.15, 0.2) is 0 Å². The molecule has 1 aliphatic rings. The van der Waals surface area contributed by atoms with Crippen LogP contribution in [-0.2, 0) is 17.8 Å². The van der Waals surface area contributed by atoms with Crippen LogP contribution >= 0.6 is 0 Å². The zero-order valence-corrected chi connectivity index (χ0v) is 13.2. The molecule has 1 aromatic rings. The van der Waals surface area contributed by atoms with E-state index < -0.39 is 0 Å². The molecule has 0 aromatic carbocycles. The number of nitrogens with one attached hydrogen (secondary N) is 1. The number of likely N-dealkylation sites (tertiary alicyclic amines) is 1. The second kappa shape index (κ2) is 6.74. The molecule has 4 heteroatoms. The second-order valence-corrected chi connectivity index (χ2v) is 6.71. The van der Waals surface area contributed by atoms with E-state index in [0.717, 1.165) is 37.7 Å². The first kappa shape index (κ1) is 15.5. The smallest absolute Gasteiger partial charge is 0.118 e. The van der Waals surface area contributed by atoms with Crippen molar-refractivity contribution in [1.82, 2.24) is 10.2 Å². The van der Waals surface area contributed by atoms with Gasteiger partial charge in [0.2, 0.25) is 0 Å². The van der Waals surface area contributed by atoms with E-state index in [1.807, 2.05) is 0 Å². The highest BCUT2D eigenvalue weighted by Gasteiger charge is 2.20. The highest BCUT2D eigenvalue weighted by molar-refractivity contribution is 5.07. The SMILES string of the molecule is COC1CCCN(Cc2ccc(CNC(C)(C)C)o2)C1. The van der Waals surface area contributed by atoms with Gasteiger partial charge in [0, 0.05) is 19.2 Å². The zero-order chi connectivity index (χ0) is 14.6. The molecule has 2 rings (SSSR count). The molecule has 0 amide bonds. The maximum Gasteiger partial charge on any atom is 0.118 e. The Bertz CT molecular complexity index is 409. The Morgan fingerprint density at radius 1 is 1.35 bits per heavy atom. The molecule has 114 valence electrons. The van der Waals surface area contributed by atoms with E-state index >= 15 is 0 Å². The summed E-state index contributed by atoms with van der Waals surface area (Å²) < 4.78 is 11.4. The predicted molar refractivity (Wildman–Crippen MR) is 80.6 cm³/mol. The Morgan fingerprint density at radius 3 is 2.80 bits per heavy atom. The van der Waals surface area contributed by atoms with Crippen molar-refractivity contribution < 1.29 is 9.15 Å². The third-order valence-corrected chi connectivity index (χ3v) is 3.69. The van der Waals surface area contributed by atoms with Crippen LogP contribution in [0.1, 0.15) is 45.1 Å². The lowest BCUT2D eigenvalue weighted by Gasteiger charge is -2.31. The van der Waals surface area contributed by atoms with Gasteiger partial charge in [0.25, 0.3) is 0 Å². The summed E-state index contributed by atoms with van der Waals surface area (Å²) in [5.41, 5.74) is 0.117. The molecule has 4 nitrogen and oxygen atoms in total. The van der Waals surface area contributed by atoms with Gasteiger partial charge in [0.1, 0.15) is 11.5 Å². The van der Waals surface area contributed by atoms with Crippen LogP contribution in [0.2, 0.25) is 0 Å². The number of ether oxygens (including phenoxy) is 1. The van der Waals surface area contributed by atoms with Crippen molar-refractivity contribution in [3.8, 4) is 0 Å². The molecule has 1 fully saturated rings. The van der Waals surface area contributed by atoms with Gasteiger partial charge < -0.3 is 14.5 Å². The number of hydrogen-bond donors (Lipinski definition) is 1. The number of rotatable bonds is 5. The summed E-state index contributed by atoms with van der Waals surface area (Å²) in [6.45, 7) is 10.3. The molecule has 1 atom stereocenters.